The van der Waals surface area contributed by atoms with Crippen LogP contribution in [0.3, 0.4) is 0 Å². The molecule has 0 aliphatic rings. The van der Waals surface area contributed by atoms with E-state index < -0.39 is 0 Å². The van der Waals surface area contributed by atoms with Crippen molar-refractivity contribution < 1.29 is 4.74 Å². The molecule has 19 heavy (non-hydrogen) atoms. The van der Waals surface area contributed by atoms with Gasteiger partial charge in [0.05, 0.1) is 25.5 Å². The lowest BCUT2D eigenvalue weighted by Gasteiger charge is -2.18. The molecule has 0 aliphatic carbocycles. The topological polar surface area (TPSA) is 82.9 Å². The van der Waals surface area contributed by atoms with E-state index in [1.165, 1.54) is 0 Å². The van der Waals surface area contributed by atoms with Gasteiger partial charge in [0.25, 0.3) is 0 Å². The summed E-state index contributed by atoms with van der Waals surface area (Å²) in [5.74, 6) is 6.45. The molecule has 2 rings (SSSR count). The quantitative estimate of drug-likeness (QED) is 0.607. The Kier molecular flexibility index (Phi) is 3.87. The minimum absolute atomic E-state index is 0.203. The molecule has 2 aromatic rings. The van der Waals surface area contributed by atoms with E-state index in [2.05, 4.69) is 15.6 Å². The molecule has 7 nitrogen and oxygen atoms in total. The fourth-order valence-electron chi connectivity index (χ4n) is 2.19. The lowest BCUT2D eigenvalue weighted by molar-refractivity contribution is 0.399. The van der Waals surface area contributed by atoms with Gasteiger partial charge in [0.1, 0.15) is 5.69 Å². The third kappa shape index (κ3) is 2.22. The Morgan fingerprint density at radius 2 is 2.16 bits per heavy atom. The van der Waals surface area contributed by atoms with Gasteiger partial charge in [-0.15, -0.1) is 0 Å². The third-order valence-electron chi connectivity index (χ3n) is 3.39. The van der Waals surface area contributed by atoms with Crippen molar-refractivity contribution in [2.45, 2.75) is 26.4 Å². The van der Waals surface area contributed by atoms with Crippen LogP contribution in [0, 0.1) is 6.92 Å². The van der Waals surface area contributed by atoms with Gasteiger partial charge in [-0.05, 0) is 13.8 Å². The molecular formula is C12H20N6O. The number of nitrogens with two attached hydrogens (primary N) is 1. The zero-order chi connectivity index (χ0) is 14.0. The molecule has 0 amide bonds. The van der Waals surface area contributed by atoms with Gasteiger partial charge < -0.3 is 4.74 Å². The number of aryl methyl sites for hydroxylation is 2. The number of nitrogens with zero attached hydrogens (tertiary/aromatic N) is 4. The summed E-state index contributed by atoms with van der Waals surface area (Å²) in [5.41, 5.74) is 5.80. The predicted molar refractivity (Wildman–Crippen MR) is 71.6 cm³/mol. The highest BCUT2D eigenvalue weighted by Gasteiger charge is 2.25. The molecule has 0 aliphatic heterocycles. The first-order chi connectivity index (χ1) is 9.13. The molecular weight excluding hydrogens is 244 g/mol. The highest BCUT2D eigenvalue weighted by Crippen LogP contribution is 2.30. The minimum Gasteiger partial charge on any atom is -0.493 e. The van der Waals surface area contributed by atoms with Crippen LogP contribution in [0.5, 0.6) is 5.75 Å². The maximum Gasteiger partial charge on any atom is 0.161 e. The predicted octanol–water partition coefficient (Wildman–Crippen LogP) is 0.506. The average Bonchev–Trinajstić information content (AvgIpc) is 2.98. The van der Waals surface area contributed by atoms with Crippen LogP contribution in [-0.4, -0.2) is 26.7 Å². The van der Waals surface area contributed by atoms with E-state index in [1.54, 1.807) is 13.3 Å². The normalized spacial score (nSPS) is 12.7. The summed E-state index contributed by atoms with van der Waals surface area (Å²) in [5, 5.41) is 8.56. The number of aromatic nitrogens is 4. The van der Waals surface area contributed by atoms with Crippen LogP contribution in [0.2, 0.25) is 0 Å². The Balaban J connectivity index is 2.53. The molecule has 2 heterocycles. The van der Waals surface area contributed by atoms with E-state index in [1.807, 2.05) is 36.5 Å². The van der Waals surface area contributed by atoms with Gasteiger partial charge in [-0.2, -0.15) is 10.2 Å². The lowest BCUT2D eigenvalue weighted by Crippen LogP contribution is -2.31. The van der Waals surface area contributed by atoms with Crippen LogP contribution in [0.4, 0.5) is 0 Å². The van der Waals surface area contributed by atoms with Crippen molar-refractivity contribution >= 4 is 0 Å². The first-order valence-electron chi connectivity index (χ1n) is 6.18. The van der Waals surface area contributed by atoms with Gasteiger partial charge in [0.2, 0.25) is 0 Å². The number of hydrazine groups is 1. The first-order valence-corrected chi connectivity index (χ1v) is 6.18. The molecule has 0 spiro atoms. The molecule has 1 unspecified atom stereocenters. The molecule has 0 bridgehead atoms. The van der Waals surface area contributed by atoms with E-state index in [0.29, 0.717) is 5.75 Å². The summed E-state index contributed by atoms with van der Waals surface area (Å²) in [6, 6.07) is -0.203. The fraction of sp³-hybridized carbons (Fsp3) is 0.500. The molecule has 0 radical (unpaired) electrons. The summed E-state index contributed by atoms with van der Waals surface area (Å²) in [4.78, 5) is 0. The largest absolute Gasteiger partial charge is 0.493 e. The molecule has 104 valence electrons. The average molecular weight is 264 g/mol. The van der Waals surface area contributed by atoms with Crippen molar-refractivity contribution in [3.8, 4) is 5.75 Å². The number of hydrogen-bond acceptors (Lipinski definition) is 5. The van der Waals surface area contributed by atoms with Crippen molar-refractivity contribution in [3.05, 3.63) is 29.3 Å². The van der Waals surface area contributed by atoms with Crippen LogP contribution in [0.25, 0.3) is 0 Å². The monoisotopic (exact) mass is 264 g/mol. The van der Waals surface area contributed by atoms with E-state index in [4.69, 9.17) is 10.6 Å². The van der Waals surface area contributed by atoms with Gasteiger partial charge in [-0.25, -0.2) is 5.43 Å². The van der Waals surface area contributed by atoms with E-state index >= 15 is 0 Å². The first kappa shape index (κ1) is 13.6. The highest BCUT2D eigenvalue weighted by molar-refractivity contribution is 5.37. The van der Waals surface area contributed by atoms with Crippen LogP contribution in [0.1, 0.15) is 29.9 Å². The van der Waals surface area contributed by atoms with Crippen molar-refractivity contribution in [1.29, 1.82) is 0 Å². The van der Waals surface area contributed by atoms with Crippen LogP contribution >= 0.6 is 0 Å². The molecule has 0 saturated heterocycles. The molecule has 3 N–H and O–H groups in total. The minimum atomic E-state index is -0.203. The number of rotatable bonds is 5. The van der Waals surface area contributed by atoms with Crippen LogP contribution < -0.4 is 16.0 Å². The summed E-state index contributed by atoms with van der Waals surface area (Å²) in [6.45, 7) is 4.78. The molecule has 1 atom stereocenters. The van der Waals surface area contributed by atoms with E-state index in [-0.39, 0.29) is 6.04 Å². The number of nitrogens with one attached hydrogen (secondary N) is 1. The Labute approximate surface area is 112 Å². The lowest BCUT2D eigenvalue weighted by atomic mass is 10.0. The molecule has 0 aromatic carbocycles. The Morgan fingerprint density at radius 1 is 1.42 bits per heavy atom. The highest BCUT2D eigenvalue weighted by atomic mass is 16.5. The van der Waals surface area contributed by atoms with E-state index in [0.717, 1.165) is 23.5 Å². The second-order valence-corrected chi connectivity index (χ2v) is 4.32. The molecule has 2 aromatic heterocycles. The van der Waals surface area contributed by atoms with Gasteiger partial charge in [-0.1, -0.05) is 0 Å². The zero-order valence-corrected chi connectivity index (χ0v) is 11.7. The van der Waals surface area contributed by atoms with Gasteiger partial charge >= 0.3 is 0 Å². The number of ether oxygens (including phenoxy) is 1. The second-order valence-electron chi connectivity index (χ2n) is 4.32. The maximum atomic E-state index is 5.74. The molecule has 7 heteroatoms. The van der Waals surface area contributed by atoms with E-state index in [9.17, 15) is 0 Å². The third-order valence-corrected chi connectivity index (χ3v) is 3.39. The van der Waals surface area contributed by atoms with Gasteiger partial charge in [0.15, 0.2) is 5.75 Å². The fourth-order valence-corrected chi connectivity index (χ4v) is 2.19. The SMILES string of the molecule is CCn1ncc(OC)c1C(NN)c1cnn(C)c1C. The summed E-state index contributed by atoms with van der Waals surface area (Å²) in [7, 11) is 3.53. The summed E-state index contributed by atoms with van der Waals surface area (Å²) >= 11 is 0. The Bertz CT molecular complexity index is 537. The Morgan fingerprint density at radius 3 is 2.63 bits per heavy atom. The zero-order valence-electron chi connectivity index (χ0n) is 11.7. The van der Waals surface area contributed by atoms with Crippen molar-refractivity contribution in [2.24, 2.45) is 12.9 Å². The maximum absolute atomic E-state index is 5.74. The standard InChI is InChI=1S/C12H20N6O/c1-5-18-12(10(19-4)7-15-18)11(16-13)9-6-14-17(3)8(9)2/h6-7,11,16H,5,13H2,1-4H3. The van der Waals surface area contributed by atoms with Crippen molar-refractivity contribution in [2.75, 3.05) is 7.11 Å². The van der Waals surface area contributed by atoms with Crippen LogP contribution in [-0.2, 0) is 13.6 Å². The van der Waals surface area contributed by atoms with Gasteiger partial charge in [0, 0.05) is 24.8 Å². The second kappa shape index (κ2) is 5.41. The Hall–Kier alpha value is -1.86. The number of hydrogen-bond donors (Lipinski definition) is 2. The van der Waals surface area contributed by atoms with Crippen molar-refractivity contribution in [3.63, 3.8) is 0 Å². The summed E-state index contributed by atoms with van der Waals surface area (Å²) in [6.07, 6.45) is 3.52. The smallest absolute Gasteiger partial charge is 0.161 e. The van der Waals surface area contributed by atoms with Crippen LogP contribution in [0.15, 0.2) is 12.4 Å². The molecule has 0 fully saturated rings. The van der Waals surface area contributed by atoms with Crippen molar-refractivity contribution in [1.82, 2.24) is 25.0 Å². The number of methoxy groups -OCH3 is 1. The molecule has 0 saturated carbocycles. The van der Waals surface area contributed by atoms with Gasteiger partial charge in [-0.3, -0.25) is 15.2 Å². The summed E-state index contributed by atoms with van der Waals surface area (Å²) < 4.78 is 9.06.